The molecule has 2 fully saturated rings. The van der Waals surface area contributed by atoms with Gasteiger partial charge in [0.15, 0.2) is 0 Å². The van der Waals surface area contributed by atoms with E-state index in [1.54, 1.807) is 0 Å². The summed E-state index contributed by atoms with van der Waals surface area (Å²) in [6.07, 6.45) is 6.50. The first-order valence-electron chi connectivity index (χ1n) is 8.60. The Morgan fingerprint density at radius 1 is 1.10 bits per heavy atom. The summed E-state index contributed by atoms with van der Waals surface area (Å²) >= 11 is 0. The number of likely N-dealkylation sites (tertiary alicyclic amines) is 2. The number of piperidine rings is 2. The van der Waals surface area contributed by atoms with Gasteiger partial charge in [-0.05, 0) is 58.5 Å². The maximum atomic E-state index is 5.99. The Hall–Kier alpha value is -0.120. The van der Waals surface area contributed by atoms with Crippen molar-refractivity contribution in [2.24, 2.45) is 5.92 Å². The Balaban J connectivity index is 1.83. The molecule has 0 N–H and O–H groups in total. The summed E-state index contributed by atoms with van der Waals surface area (Å²) in [6.45, 7) is 13.0. The minimum atomic E-state index is 0.116. The van der Waals surface area contributed by atoms with E-state index in [1.807, 2.05) is 7.11 Å². The van der Waals surface area contributed by atoms with E-state index in [0.717, 1.165) is 12.5 Å². The van der Waals surface area contributed by atoms with Crippen LogP contribution < -0.4 is 0 Å². The number of methoxy groups -OCH3 is 1. The molecule has 118 valence electrons. The maximum Gasteiger partial charge on any atom is 0.0829 e. The molecule has 3 nitrogen and oxygen atoms in total. The summed E-state index contributed by atoms with van der Waals surface area (Å²) in [5, 5.41) is 0. The van der Waals surface area contributed by atoms with Crippen molar-refractivity contribution < 1.29 is 4.74 Å². The third-order valence-electron chi connectivity index (χ3n) is 5.67. The predicted octanol–water partition coefficient (Wildman–Crippen LogP) is 3.00. The van der Waals surface area contributed by atoms with E-state index in [-0.39, 0.29) is 5.60 Å². The second kappa shape index (κ2) is 7.24. The minimum absolute atomic E-state index is 0.116. The Labute approximate surface area is 125 Å². The fraction of sp³-hybridized carbons (Fsp3) is 1.00. The topological polar surface area (TPSA) is 15.7 Å². The summed E-state index contributed by atoms with van der Waals surface area (Å²) in [6, 6.07) is 0.671. The molecule has 0 unspecified atom stereocenters. The number of rotatable bonds is 5. The molecule has 2 aliphatic rings. The first-order valence-corrected chi connectivity index (χ1v) is 8.60. The zero-order chi connectivity index (χ0) is 14.6. The highest BCUT2D eigenvalue weighted by molar-refractivity contribution is 4.91. The molecule has 2 aliphatic heterocycles. The summed E-state index contributed by atoms with van der Waals surface area (Å²) in [4.78, 5) is 5.24. The number of nitrogens with zero attached hydrogens (tertiary/aromatic N) is 2. The minimum Gasteiger partial charge on any atom is -0.377 e. The summed E-state index contributed by atoms with van der Waals surface area (Å²) in [5.41, 5.74) is 0.116. The fourth-order valence-electron chi connectivity index (χ4n) is 3.84. The number of hydrogen-bond donors (Lipinski definition) is 0. The van der Waals surface area contributed by atoms with E-state index < -0.39 is 0 Å². The molecule has 0 bridgehead atoms. The molecule has 0 spiro atoms. The van der Waals surface area contributed by atoms with Crippen LogP contribution in [0.1, 0.15) is 52.9 Å². The van der Waals surface area contributed by atoms with E-state index in [9.17, 15) is 0 Å². The van der Waals surface area contributed by atoms with Crippen LogP contribution in [0.25, 0.3) is 0 Å². The van der Waals surface area contributed by atoms with Crippen LogP contribution in [0.2, 0.25) is 0 Å². The van der Waals surface area contributed by atoms with Crippen LogP contribution in [-0.4, -0.2) is 61.3 Å². The summed E-state index contributed by atoms with van der Waals surface area (Å²) in [7, 11) is 1.92. The van der Waals surface area contributed by atoms with E-state index in [1.165, 1.54) is 58.3 Å². The lowest BCUT2D eigenvalue weighted by molar-refractivity contribution is -0.0836. The standard InChI is InChI=1S/C17H34N2O/c1-5-16-6-10-18(11-7-16)14-17(20-4)8-12-19(13-9-17)15(2)3/h15-16H,5-14H2,1-4H3. The lowest BCUT2D eigenvalue weighted by Crippen LogP contribution is -2.54. The molecule has 0 aliphatic carbocycles. The van der Waals surface area contributed by atoms with Crippen molar-refractivity contribution in [3.8, 4) is 0 Å². The van der Waals surface area contributed by atoms with Crippen LogP contribution in [0.5, 0.6) is 0 Å². The van der Waals surface area contributed by atoms with Gasteiger partial charge in [0, 0.05) is 32.8 Å². The van der Waals surface area contributed by atoms with Crippen molar-refractivity contribution in [3.63, 3.8) is 0 Å². The molecule has 0 saturated carbocycles. The highest BCUT2D eigenvalue weighted by atomic mass is 16.5. The van der Waals surface area contributed by atoms with Gasteiger partial charge in [-0.2, -0.15) is 0 Å². The maximum absolute atomic E-state index is 5.99. The average Bonchev–Trinajstić information content (AvgIpc) is 2.48. The van der Waals surface area contributed by atoms with Gasteiger partial charge in [0.05, 0.1) is 5.60 Å². The normalized spacial score (nSPS) is 26.2. The van der Waals surface area contributed by atoms with Crippen LogP contribution in [0, 0.1) is 5.92 Å². The summed E-state index contributed by atoms with van der Waals surface area (Å²) in [5.74, 6) is 0.965. The fourth-order valence-corrected chi connectivity index (χ4v) is 3.84. The highest BCUT2D eigenvalue weighted by Gasteiger charge is 2.37. The number of hydrogen-bond acceptors (Lipinski definition) is 3. The largest absolute Gasteiger partial charge is 0.377 e. The molecular weight excluding hydrogens is 248 g/mol. The third kappa shape index (κ3) is 3.96. The monoisotopic (exact) mass is 282 g/mol. The lowest BCUT2D eigenvalue weighted by atomic mass is 9.88. The smallest absolute Gasteiger partial charge is 0.0829 e. The van der Waals surface area contributed by atoms with E-state index in [0.29, 0.717) is 6.04 Å². The second-order valence-electron chi connectivity index (χ2n) is 7.14. The second-order valence-corrected chi connectivity index (χ2v) is 7.14. The van der Waals surface area contributed by atoms with Crippen LogP contribution in [0.15, 0.2) is 0 Å². The van der Waals surface area contributed by atoms with Gasteiger partial charge in [-0.25, -0.2) is 0 Å². The molecule has 0 radical (unpaired) electrons. The molecule has 2 saturated heterocycles. The lowest BCUT2D eigenvalue weighted by Gasteiger charge is -2.45. The number of ether oxygens (including phenoxy) is 1. The Morgan fingerprint density at radius 3 is 2.15 bits per heavy atom. The van der Waals surface area contributed by atoms with Gasteiger partial charge in [0.2, 0.25) is 0 Å². The Bertz CT molecular complexity index is 277. The van der Waals surface area contributed by atoms with Crippen LogP contribution in [0.3, 0.4) is 0 Å². The van der Waals surface area contributed by atoms with Crippen molar-refractivity contribution in [3.05, 3.63) is 0 Å². The predicted molar refractivity (Wildman–Crippen MR) is 85.1 cm³/mol. The molecule has 0 aromatic heterocycles. The molecule has 0 aromatic carbocycles. The molecule has 20 heavy (non-hydrogen) atoms. The Morgan fingerprint density at radius 2 is 1.70 bits per heavy atom. The first kappa shape index (κ1) is 16.3. The molecule has 3 heteroatoms. The van der Waals surface area contributed by atoms with Crippen molar-refractivity contribution in [1.82, 2.24) is 9.80 Å². The van der Waals surface area contributed by atoms with Gasteiger partial charge in [-0.1, -0.05) is 13.3 Å². The quantitative estimate of drug-likeness (QED) is 0.771. The van der Waals surface area contributed by atoms with Crippen molar-refractivity contribution in [2.75, 3.05) is 39.8 Å². The highest BCUT2D eigenvalue weighted by Crippen LogP contribution is 2.30. The average molecular weight is 282 g/mol. The molecule has 2 heterocycles. The van der Waals surface area contributed by atoms with Crippen LogP contribution >= 0.6 is 0 Å². The van der Waals surface area contributed by atoms with E-state index >= 15 is 0 Å². The molecule has 0 amide bonds. The zero-order valence-electron chi connectivity index (χ0n) is 14.0. The van der Waals surface area contributed by atoms with Gasteiger partial charge >= 0.3 is 0 Å². The molecule has 0 aromatic rings. The van der Waals surface area contributed by atoms with Gasteiger partial charge in [0.1, 0.15) is 0 Å². The first-order chi connectivity index (χ1) is 9.58. The van der Waals surface area contributed by atoms with Gasteiger partial charge in [0.25, 0.3) is 0 Å². The SMILES string of the molecule is CCC1CCN(CC2(OC)CCN(C(C)C)CC2)CC1. The van der Waals surface area contributed by atoms with E-state index in [4.69, 9.17) is 4.74 Å². The van der Waals surface area contributed by atoms with Gasteiger partial charge in [-0.15, -0.1) is 0 Å². The van der Waals surface area contributed by atoms with Crippen molar-refractivity contribution >= 4 is 0 Å². The van der Waals surface area contributed by atoms with Gasteiger partial charge in [-0.3, -0.25) is 0 Å². The third-order valence-corrected chi connectivity index (χ3v) is 5.67. The van der Waals surface area contributed by atoms with Crippen LogP contribution in [-0.2, 0) is 4.74 Å². The zero-order valence-corrected chi connectivity index (χ0v) is 14.0. The van der Waals surface area contributed by atoms with Crippen molar-refractivity contribution in [2.45, 2.75) is 64.5 Å². The van der Waals surface area contributed by atoms with Crippen LogP contribution in [0.4, 0.5) is 0 Å². The van der Waals surface area contributed by atoms with E-state index in [2.05, 4.69) is 30.6 Å². The molecule has 0 atom stereocenters. The Kier molecular flexibility index (Phi) is 5.88. The van der Waals surface area contributed by atoms with Gasteiger partial charge < -0.3 is 14.5 Å². The molecular formula is C17H34N2O. The molecule has 2 rings (SSSR count). The summed E-state index contributed by atoms with van der Waals surface area (Å²) < 4.78 is 5.99. The van der Waals surface area contributed by atoms with Crippen molar-refractivity contribution in [1.29, 1.82) is 0 Å².